The van der Waals surface area contributed by atoms with Gasteiger partial charge in [0.1, 0.15) is 11.7 Å². The van der Waals surface area contributed by atoms with Crippen molar-refractivity contribution in [3.8, 4) is 0 Å². The first-order chi connectivity index (χ1) is 11.5. The maximum Gasteiger partial charge on any atom is 0.269 e. The van der Waals surface area contributed by atoms with Crippen molar-refractivity contribution >= 4 is 11.8 Å². The fourth-order valence-corrected chi connectivity index (χ4v) is 2.93. The van der Waals surface area contributed by atoms with Crippen LogP contribution < -0.4 is 5.32 Å². The summed E-state index contributed by atoms with van der Waals surface area (Å²) in [6, 6.07) is 1.54. The van der Waals surface area contributed by atoms with Gasteiger partial charge < -0.3 is 14.7 Å². The van der Waals surface area contributed by atoms with Crippen molar-refractivity contribution in [1.82, 2.24) is 30.1 Å². The van der Waals surface area contributed by atoms with E-state index >= 15 is 0 Å². The second-order valence-corrected chi connectivity index (χ2v) is 5.76. The maximum absolute atomic E-state index is 12.1. The summed E-state index contributed by atoms with van der Waals surface area (Å²) in [6.07, 6.45) is 1.17. The fraction of sp³-hybridized carbons (Fsp3) is 0.533. The first-order valence-electron chi connectivity index (χ1n) is 7.90. The Morgan fingerprint density at radius 2 is 2.29 bits per heavy atom. The molecule has 0 aliphatic carbocycles. The molecule has 0 bridgehead atoms. The number of carbonyl (C=O) groups excluding carboxylic acids is 2. The van der Waals surface area contributed by atoms with E-state index in [2.05, 4.69) is 20.6 Å². The molecule has 0 aromatic carbocycles. The molecule has 3 rings (SSSR count). The monoisotopic (exact) mass is 332 g/mol. The molecule has 0 spiro atoms. The second kappa shape index (κ2) is 6.42. The lowest BCUT2D eigenvalue weighted by atomic mass is 10.2. The Bertz CT molecular complexity index is 765. The number of aryl methyl sites for hydroxylation is 2. The lowest BCUT2D eigenvalue weighted by Crippen LogP contribution is -2.27. The van der Waals surface area contributed by atoms with Crippen molar-refractivity contribution in [1.29, 1.82) is 0 Å². The number of hydrogen-bond acceptors (Lipinski definition) is 6. The molecule has 2 aromatic heterocycles. The molecule has 1 saturated heterocycles. The van der Waals surface area contributed by atoms with Crippen LogP contribution in [0.5, 0.6) is 0 Å². The third kappa shape index (κ3) is 3.01. The van der Waals surface area contributed by atoms with Gasteiger partial charge >= 0.3 is 0 Å². The number of rotatable bonds is 5. The van der Waals surface area contributed by atoms with E-state index in [1.54, 1.807) is 18.0 Å². The molecule has 1 fully saturated rings. The standard InChI is InChI=1S/C15H20N6O3/c1-4-21-10(5-6-13(21)22)15-17-12(19-24-15)8-16-14(23)11-7-9(2)18-20(11)3/h7,10H,4-6,8H2,1-3H3,(H,16,23)/t10-/m0/s1. The minimum Gasteiger partial charge on any atom is -0.343 e. The van der Waals surface area contributed by atoms with Crippen LogP contribution in [0.4, 0.5) is 0 Å². The van der Waals surface area contributed by atoms with Crippen molar-refractivity contribution in [3.63, 3.8) is 0 Å². The van der Waals surface area contributed by atoms with Crippen LogP contribution in [0.2, 0.25) is 0 Å². The van der Waals surface area contributed by atoms with E-state index in [1.807, 2.05) is 13.8 Å². The highest BCUT2D eigenvalue weighted by molar-refractivity contribution is 5.92. The maximum atomic E-state index is 12.1. The Hall–Kier alpha value is -2.71. The predicted molar refractivity (Wildman–Crippen MR) is 82.8 cm³/mol. The van der Waals surface area contributed by atoms with E-state index in [9.17, 15) is 9.59 Å². The van der Waals surface area contributed by atoms with Gasteiger partial charge in [-0.3, -0.25) is 14.3 Å². The van der Waals surface area contributed by atoms with Gasteiger partial charge in [-0.05, 0) is 26.3 Å². The minimum atomic E-state index is -0.254. The van der Waals surface area contributed by atoms with Gasteiger partial charge in [-0.1, -0.05) is 5.16 Å². The Balaban J connectivity index is 1.63. The molecule has 24 heavy (non-hydrogen) atoms. The van der Waals surface area contributed by atoms with Crippen molar-refractivity contribution in [2.24, 2.45) is 7.05 Å². The Kier molecular flexibility index (Phi) is 4.32. The predicted octanol–water partition coefficient (Wildman–Crippen LogP) is 0.725. The molecule has 9 nitrogen and oxygen atoms in total. The third-order valence-electron chi connectivity index (χ3n) is 4.08. The molecule has 1 aliphatic rings. The Morgan fingerprint density at radius 3 is 2.96 bits per heavy atom. The molecule has 128 valence electrons. The summed E-state index contributed by atoms with van der Waals surface area (Å²) >= 11 is 0. The topological polar surface area (TPSA) is 106 Å². The molecule has 0 unspecified atom stereocenters. The van der Waals surface area contributed by atoms with E-state index in [1.165, 1.54) is 4.68 Å². The normalized spacial score (nSPS) is 17.5. The highest BCUT2D eigenvalue weighted by Gasteiger charge is 2.34. The van der Waals surface area contributed by atoms with Gasteiger partial charge in [0.25, 0.3) is 5.91 Å². The molecule has 9 heteroatoms. The zero-order chi connectivity index (χ0) is 17.3. The molecule has 3 heterocycles. The first kappa shape index (κ1) is 16.2. The van der Waals surface area contributed by atoms with Crippen LogP contribution in [0, 0.1) is 6.92 Å². The summed E-state index contributed by atoms with van der Waals surface area (Å²) in [7, 11) is 1.71. The van der Waals surface area contributed by atoms with Crippen molar-refractivity contribution in [2.75, 3.05) is 6.54 Å². The largest absolute Gasteiger partial charge is 0.343 e. The van der Waals surface area contributed by atoms with Crippen LogP contribution in [0.1, 0.15) is 53.7 Å². The Labute approximate surface area is 139 Å². The van der Waals surface area contributed by atoms with Gasteiger partial charge in [-0.15, -0.1) is 0 Å². The molecule has 1 aliphatic heterocycles. The van der Waals surface area contributed by atoms with Crippen molar-refractivity contribution in [3.05, 3.63) is 29.2 Å². The first-order valence-corrected chi connectivity index (χ1v) is 7.90. The van der Waals surface area contributed by atoms with Gasteiger partial charge in [0, 0.05) is 20.0 Å². The van der Waals surface area contributed by atoms with Crippen LogP contribution >= 0.6 is 0 Å². The van der Waals surface area contributed by atoms with E-state index in [-0.39, 0.29) is 24.4 Å². The number of nitrogens with zero attached hydrogens (tertiary/aromatic N) is 5. The van der Waals surface area contributed by atoms with Crippen LogP contribution in [-0.2, 0) is 18.4 Å². The highest BCUT2D eigenvalue weighted by Crippen LogP contribution is 2.31. The Morgan fingerprint density at radius 1 is 1.50 bits per heavy atom. The number of hydrogen-bond donors (Lipinski definition) is 1. The van der Waals surface area contributed by atoms with Crippen LogP contribution in [0.3, 0.4) is 0 Å². The van der Waals surface area contributed by atoms with Gasteiger partial charge in [0.2, 0.25) is 11.8 Å². The molecular weight excluding hydrogens is 312 g/mol. The van der Waals surface area contributed by atoms with Crippen molar-refractivity contribution in [2.45, 2.75) is 39.3 Å². The number of carbonyl (C=O) groups is 2. The van der Waals surface area contributed by atoms with Gasteiger partial charge in [0.05, 0.1) is 12.2 Å². The quantitative estimate of drug-likeness (QED) is 0.865. The minimum absolute atomic E-state index is 0.0992. The van der Waals surface area contributed by atoms with Gasteiger partial charge in [-0.2, -0.15) is 10.1 Å². The average Bonchev–Trinajstić information content (AvgIpc) is 3.23. The van der Waals surface area contributed by atoms with E-state index < -0.39 is 0 Å². The van der Waals surface area contributed by atoms with E-state index in [0.29, 0.717) is 36.8 Å². The summed E-state index contributed by atoms with van der Waals surface area (Å²) in [5.74, 6) is 0.647. The average molecular weight is 332 g/mol. The van der Waals surface area contributed by atoms with E-state index in [4.69, 9.17) is 4.52 Å². The van der Waals surface area contributed by atoms with Crippen LogP contribution in [0.15, 0.2) is 10.6 Å². The highest BCUT2D eigenvalue weighted by atomic mass is 16.5. The summed E-state index contributed by atoms with van der Waals surface area (Å²) in [6.45, 7) is 4.51. The molecule has 2 aromatic rings. The summed E-state index contributed by atoms with van der Waals surface area (Å²) in [5, 5.41) is 10.8. The summed E-state index contributed by atoms with van der Waals surface area (Å²) in [5.41, 5.74) is 1.24. The zero-order valence-electron chi connectivity index (χ0n) is 13.9. The van der Waals surface area contributed by atoms with E-state index in [0.717, 1.165) is 5.69 Å². The zero-order valence-corrected chi connectivity index (χ0v) is 13.9. The smallest absolute Gasteiger partial charge is 0.269 e. The van der Waals surface area contributed by atoms with Crippen molar-refractivity contribution < 1.29 is 14.1 Å². The van der Waals surface area contributed by atoms with Gasteiger partial charge in [0.15, 0.2) is 5.82 Å². The molecular formula is C15H20N6O3. The summed E-state index contributed by atoms with van der Waals surface area (Å²) in [4.78, 5) is 30.0. The lowest BCUT2D eigenvalue weighted by Gasteiger charge is -2.19. The van der Waals surface area contributed by atoms with Crippen LogP contribution in [-0.4, -0.2) is 43.2 Å². The third-order valence-corrected chi connectivity index (χ3v) is 4.08. The molecule has 0 saturated carbocycles. The fourth-order valence-electron chi connectivity index (χ4n) is 2.93. The lowest BCUT2D eigenvalue weighted by molar-refractivity contribution is -0.129. The van der Waals surface area contributed by atoms with Gasteiger partial charge in [-0.25, -0.2) is 0 Å². The number of aromatic nitrogens is 4. The number of nitrogens with one attached hydrogen (secondary N) is 1. The van der Waals surface area contributed by atoms with Crippen LogP contribution in [0.25, 0.3) is 0 Å². The SMILES string of the molecule is CCN1C(=O)CC[C@H]1c1nc(CNC(=O)c2cc(C)nn2C)no1. The second-order valence-electron chi connectivity index (χ2n) is 5.76. The number of likely N-dealkylation sites (tertiary alicyclic amines) is 1. The summed E-state index contributed by atoms with van der Waals surface area (Å²) < 4.78 is 6.79. The number of amides is 2. The molecule has 1 atom stereocenters. The molecule has 0 radical (unpaired) electrons. The molecule has 1 N–H and O–H groups in total. The molecule has 2 amide bonds.